The highest BCUT2D eigenvalue weighted by Crippen LogP contribution is 2.12. The molecule has 0 aromatic carbocycles. The molecule has 1 aromatic heterocycles. The Morgan fingerprint density at radius 1 is 1.37 bits per heavy atom. The van der Waals surface area contributed by atoms with Gasteiger partial charge in [-0.25, -0.2) is 0 Å². The van der Waals surface area contributed by atoms with Gasteiger partial charge >= 0.3 is 0 Å². The predicted octanol–water partition coefficient (Wildman–Crippen LogP) is 0.116. The van der Waals surface area contributed by atoms with E-state index in [-0.39, 0.29) is 28.8 Å². The van der Waals surface area contributed by atoms with Crippen LogP contribution in [-0.4, -0.2) is 40.8 Å². The van der Waals surface area contributed by atoms with Crippen LogP contribution in [0.15, 0.2) is 23.3 Å². The zero-order valence-electron chi connectivity index (χ0n) is 10.8. The highest BCUT2D eigenvalue weighted by atomic mass is 16.2. The molecule has 19 heavy (non-hydrogen) atoms. The molecule has 1 fully saturated rings. The molecule has 1 aliphatic heterocycles. The fraction of sp³-hybridized carbons (Fsp3) is 0.462. The number of nitrogens with one attached hydrogen (secondary N) is 2. The monoisotopic (exact) mass is 263 g/mol. The van der Waals surface area contributed by atoms with Crippen LogP contribution in [-0.2, 0) is 4.79 Å². The summed E-state index contributed by atoms with van der Waals surface area (Å²) < 4.78 is 0. The van der Waals surface area contributed by atoms with E-state index in [1.165, 1.54) is 25.4 Å². The molecule has 2 amide bonds. The van der Waals surface area contributed by atoms with E-state index in [2.05, 4.69) is 10.3 Å². The van der Waals surface area contributed by atoms with Crippen LogP contribution in [0.2, 0.25) is 0 Å². The van der Waals surface area contributed by atoms with Crippen LogP contribution in [0.25, 0.3) is 0 Å². The Kier molecular flexibility index (Phi) is 3.99. The molecule has 1 aromatic rings. The molecule has 0 unspecified atom stereocenters. The SMILES string of the molecule is CC(=O)NC1CCN(C(=O)c2c[nH]ccc2=O)CC1. The van der Waals surface area contributed by atoms with Crippen LogP contribution < -0.4 is 10.7 Å². The number of likely N-dealkylation sites (tertiary alicyclic amines) is 1. The van der Waals surface area contributed by atoms with E-state index in [1.54, 1.807) is 4.90 Å². The van der Waals surface area contributed by atoms with Crippen LogP contribution in [0.4, 0.5) is 0 Å². The maximum Gasteiger partial charge on any atom is 0.259 e. The predicted molar refractivity (Wildman–Crippen MR) is 69.8 cm³/mol. The van der Waals surface area contributed by atoms with Crippen molar-refractivity contribution in [2.75, 3.05) is 13.1 Å². The van der Waals surface area contributed by atoms with Gasteiger partial charge in [-0.2, -0.15) is 0 Å². The summed E-state index contributed by atoms with van der Waals surface area (Å²) >= 11 is 0. The number of H-pyrrole nitrogens is 1. The summed E-state index contributed by atoms with van der Waals surface area (Å²) in [5, 5.41) is 2.85. The average Bonchev–Trinajstić information content (AvgIpc) is 2.39. The Labute approximate surface area is 110 Å². The lowest BCUT2D eigenvalue weighted by Crippen LogP contribution is -2.46. The van der Waals surface area contributed by atoms with Crippen molar-refractivity contribution in [3.8, 4) is 0 Å². The van der Waals surface area contributed by atoms with Gasteiger partial charge in [0.15, 0.2) is 5.43 Å². The van der Waals surface area contributed by atoms with Crippen LogP contribution in [0.5, 0.6) is 0 Å². The van der Waals surface area contributed by atoms with E-state index in [0.717, 1.165) is 12.8 Å². The maximum absolute atomic E-state index is 12.2. The van der Waals surface area contributed by atoms with Gasteiger partial charge < -0.3 is 15.2 Å². The largest absolute Gasteiger partial charge is 0.367 e. The van der Waals surface area contributed by atoms with Gasteiger partial charge in [-0.3, -0.25) is 14.4 Å². The molecule has 2 rings (SSSR count). The van der Waals surface area contributed by atoms with E-state index in [0.29, 0.717) is 13.1 Å². The molecule has 2 N–H and O–H groups in total. The van der Waals surface area contributed by atoms with Gasteiger partial charge in [0.05, 0.1) is 0 Å². The zero-order valence-corrected chi connectivity index (χ0v) is 10.8. The first-order valence-electron chi connectivity index (χ1n) is 6.31. The number of hydrogen-bond acceptors (Lipinski definition) is 3. The van der Waals surface area contributed by atoms with Gasteiger partial charge in [0, 0.05) is 44.5 Å². The van der Waals surface area contributed by atoms with Crippen molar-refractivity contribution in [2.45, 2.75) is 25.8 Å². The highest BCUT2D eigenvalue weighted by molar-refractivity contribution is 5.93. The third-order valence-electron chi connectivity index (χ3n) is 3.24. The highest BCUT2D eigenvalue weighted by Gasteiger charge is 2.25. The molecule has 0 aliphatic carbocycles. The molecule has 0 spiro atoms. The van der Waals surface area contributed by atoms with Crippen LogP contribution >= 0.6 is 0 Å². The van der Waals surface area contributed by atoms with Gasteiger partial charge in [0.25, 0.3) is 5.91 Å². The second-order valence-electron chi connectivity index (χ2n) is 4.69. The maximum atomic E-state index is 12.2. The molecule has 0 atom stereocenters. The smallest absolute Gasteiger partial charge is 0.259 e. The molecule has 0 bridgehead atoms. The summed E-state index contributed by atoms with van der Waals surface area (Å²) in [4.78, 5) is 39.1. The molecule has 2 heterocycles. The standard InChI is InChI=1S/C13H17N3O3/c1-9(17)15-10-3-6-16(7-4-10)13(19)11-8-14-5-2-12(11)18/h2,5,8,10H,3-4,6-7H2,1H3,(H,14,18)(H,15,17). The quantitative estimate of drug-likeness (QED) is 0.795. The third kappa shape index (κ3) is 3.21. The summed E-state index contributed by atoms with van der Waals surface area (Å²) in [6, 6.07) is 1.47. The number of piperidine rings is 1. The minimum atomic E-state index is -0.271. The van der Waals surface area contributed by atoms with Gasteiger partial charge in [-0.15, -0.1) is 0 Å². The summed E-state index contributed by atoms with van der Waals surface area (Å²) in [6.07, 6.45) is 4.37. The van der Waals surface area contributed by atoms with Crippen molar-refractivity contribution >= 4 is 11.8 Å². The summed E-state index contributed by atoms with van der Waals surface area (Å²) in [7, 11) is 0. The minimum absolute atomic E-state index is 0.0516. The molecular weight excluding hydrogens is 246 g/mol. The van der Waals surface area contributed by atoms with Crippen LogP contribution in [0, 0.1) is 0 Å². The molecule has 1 aliphatic rings. The van der Waals surface area contributed by atoms with Crippen molar-refractivity contribution in [3.05, 3.63) is 34.2 Å². The first-order valence-corrected chi connectivity index (χ1v) is 6.31. The number of amides is 2. The Bertz CT molecular complexity index is 530. The second kappa shape index (κ2) is 5.69. The summed E-state index contributed by atoms with van der Waals surface area (Å²) in [5.74, 6) is -0.299. The number of nitrogens with zero attached hydrogens (tertiary/aromatic N) is 1. The van der Waals surface area contributed by atoms with Crippen LogP contribution in [0.1, 0.15) is 30.1 Å². The summed E-state index contributed by atoms with van der Waals surface area (Å²) in [5.41, 5.74) is -0.104. The van der Waals surface area contributed by atoms with Crippen molar-refractivity contribution in [2.24, 2.45) is 0 Å². The Hall–Kier alpha value is -2.11. The zero-order chi connectivity index (χ0) is 13.8. The fourth-order valence-electron chi connectivity index (χ4n) is 2.27. The number of hydrogen-bond donors (Lipinski definition) is 2. The van der Waals surface area contributed by atoms with E-state index >= 15 is 0 Å². The Morgan fingerprint density at radius 2 is 2.05 bits per heavy atom. The van der Waals surface area contributed by atoms with Crippen molar-refractivity contribution in [1.29, 1.82) is 0 Å². The number of pyridine rings is 1. The fourth-order valence-corrected chi connectivity index (χ4v) is 2.27. The van der Waals surface area contributed by atoms with Gasteiger partial charge in [0.1, 0.15) is 5.56 Å². The average molecular weight is 263 g/mol. The van der Waals surface area contributed by atoms with Gasteiger partial charge in [0.2, 0.25) is 5.91 Å². The number of rotatable bonds is 2. The van der Waals surface area contributed by atoms with E-state index in [1.807, 2.05) is 0 Å². The Balaban J connectivity index is 1.98. The number of aromatic nitrogens is 1. The minimum Gasteiger partial charge on any atom is -0.367 e. The van der Waals surface area contributed by atoms with Gasteiger partial charge in [-0.1, -0.05) is 0 Å². The topological polar surface area (TPSA) is 82.3 Å². The number of aromatic amines is 1. The van der Waals surface area contributed by atoms with E-state index < -0.39 is 0 Å². The Morgan fingerprint density at radius 3 is 2.63 bits per heavy atom. The first-order chi connectivity index (χ1) is 9.08. The molecule has 1 saturated heterocycles. The van der Waals surface area contributed by atoms with Crippen molar-refractivity contribution < 1.29 is 9.59 Å². The molecule has 0 radical (unpaired) electrons. The van der Waals surface area contributed by atoms with E-state index in [9.17, 15) is 14.4 Å². The number of carbonyl (C=O) groups is 2. The summed E-state index contributed by atoms with van der Waals surface area (Å²) in [6.45, 7) is 2.59. The molecule has 0 saturated carbocycles. The molecule has 6 nitrogen and oxygen atoms in total. The molecular formula is C13H17N3O3. The lowest BCUT2D eigenvalue weighted by Gasteiger charge is -2.32. The lowest BCUT2D eigenvalue weighted by molar-refractivity contribution is -0.119. The lowest BCUT2D eigenvalue weighted by atomic mass is 10.0. The van der Waals surface area contributed by atoms with Crippen LogP contribution in [0.3, 0.4) is 0 Å². The number of carbonyl (C=O) groups excluding carboxylic acids is 2. The van der Waals surface area contributed by atoms with Gasteiger partial charge in [-0.05, 0) is 12.8 Å². The normalized spacial score (nSPS) is 16.2. The van der Waals surface area contributed by atoms with Crippen molar-refractivity contribution in [1.82, 2.24) is 15.2 Å². The molecule has 6 heteroatoms. The van der Waals surface area contributed by atoms with E-state index in [4.69, 9.17) is 0 Å². The molecule has 102 valence electrons. The third-order valence-corrected chi connectivity index (χ3v) is 3.24. The van der Waals surface area contributed by atoms with Crippen molar-refractivity contribution in [3.63, 3.8) is 0 Å². The second-order valence-corrected chi connectivity index (χ2v) is 4.69. The first kappa shape index (κ1) is 13.3.